The van der Waals surface area contributed by atoms with Crippen LogP contribution in [0.25, 0.3) is 10.9 Å². The highest BCUT2D eigenvalue weighted by Crippen LogP contribution is 2.36. The highest BCUT2D eigenvalue weighted by molar-refractivity contribution is 6.36. The molecule has 100 valence electrons. The maximum absolute atomic E-state index is 6.49. The third-order valence-electron chi connectivity index (χ3n) is 3.46. The lowest BCUT2D eigenvalue weighted by atomic mass is 10.1. The summed E-state index contributed by atoms with van der Waals surface area (Å²) in [5.74, 6) is 0. The van der Waals surface area contributed by atoms with Crippen LogP contribution in [0.15, 0.2) is 18.2 Å². The molecule has 0 bridgehead atoms. The lowest BCUT2D eigenvalue weighted by molar-refractivity contribution is 0.590. The van der Waals surface area contributed by atoms with Crippen molar-refractivity contribution >= 4 is 39.8 Å². The van der Waals surface area contributed by atoms with E-state index < -0.39 is 0 Å². The number of hydrogen-bond acceptors (Lipinski definition) is 3. The van der Waals surface area contributed by atoms with E-state index in [1.165, 1.54) is 0 Å². The molecule has 0 unspecified atom stereocenters. The summed E-state index contributed by atoms with van der Waals surface area (Å²) in [6, 6.07) is 5.77. The number of benzene rings is 1. The molecule has 2 heterocycles. The Kier molecular flexibility index (Phi) is 3.52. The van der Waals surface area contributed by atoms with E-state index in [1.807, 2.05) is 25.1 Å². The Morgan fingerprint density at radius 2 is 1.95 bits per heavy atom. The molecule has 1 N–H and O–H groups in total. The molecule has 0 aliphatic carbocycles. The van der Waals surface area contributed by atoms with E-state index in [0.29, 0.717) is 5.02 Å². The second-order valence-electron chi connectivity index (χ2n) is 4.76. The van der Waals surface area contributed by atoms with Gasteiger partial charge in [-0.1, -0.05) is 23.2 Å². The lowest BCUT2D eigenvalue weighted by Crippen LogP contribution is -2.43. The second kappa shape index (κ2) is 5.16. The minimum Gasteiger partial charge on any atom is -0.367 e. The first-order valence-corrected chi connectivity index (χ1v) is 7.13. The van der Waals surface area contributed by atoms with Crippen LogP contribution >= 0.6 is 23.2 Å². The highest BCUT2D eigenvalue weighted by Gasteiger charge is 2.19. The van der Waals surface area contributed by atoms with Gasteiger partial charge in [0.15, 0.2) is 0 Å². The minimum atomic E-state index is 0.714. The Balaban J connectivity index is 2.24. The molecule has 3 nitrogen and oxygen atoms in total. The Bertz CT molecular complexity index is 622. The third-order valence-corrected chi connectivity index (χ3v) is 4.15. The van der Waals surface area contributed by atoms with Gasteiger partial charge in [-0.2, -0.15) is 0 Å². The van der Waals surface area contributed by atoms with Crippen molar-refractivity contribution in [1.82, 2.24) is 10.3 Å². The fourth-order valence-electron chi connectivity index (χ4n) is 2.51. The van der Waals surface area contributed by atoms with Crippen LogP contribution in [0.4, 0.5) is 5.69 Å². The van der Waals surface area contributed by atoms with Gasteiger partial charge >= 0.3 is 0 Å². The quantitative estimate of drug-likeness (QED) is 0.875. The van der Waals surface area contributed by atoms with E-state index in [2.05, 4.69) is 15.2 Å². The van der Waals surface area contributed by atoms with Crippen LogP contribution < -0.4 is 10.2 Å². The normalized spacial score (nSPS) is 16.1. The van der Waals surface area contributed by atoms with Crippen molar-refractivity contribution in [1.29, 1.82) is 0 Å². The molecule has 2 aromatic rings. The Morgan fingerprint density at radius 1 is 1.21 bits per heavy atom. The molecule has 5 heteroatoms. The summed E-state index contributed by atoms with van der Waals surface area (Å²) in [6.07, 6.45) is 0. The van der Waals surface area contributed by atoms with Gasteiger partial charge in [0, 0.05) is 36.6 Å². The Labute approximate surface area is 122 Å². The first-order chi connectivity index (χ1) is 9.16. The summed E-state index contributed by atoms with van der Waals surface area (Å²) in [5.41, 5.74) is 2.87. The summed E-state index contributed by atoms with van der Waals surface area (Å²) in [5, 5.41) is 5.83. The van der Waals surface area contributed by atoms with E-state index in [4.69, 9.17) is 23.2 Å². The zero-order valence-electron chi connectivity index (χ0n) is 10.7. The Hall–Kier alpha value is -1.03. The largest absolute Gasteiger partial charge is 0.367 e. The van der Waals surface area contributed by atoms with Crippen LogP contribution in [-0.4, -0.2) is 31.2 Å². The first-order valence-electron chi connectivity index (χ1n) is 6.38. The molecular weight excluding hydrogens is 281 g/mol. The van der Waals surface area contributed by atoms with Gasteiger partial charge in [-0.25, -0.2) is 0 Å². The van der Waals surface area contributed by atoms with Crippen LogP contribution in [0.2, 0.25) is 10.0 Å². The van der Waals surface area contributed by atoms with Gasteiger partial charge in [-0.3, -0.25) is 4.98 Å². The van der Waals surface area contributed by atoms with Crippen LogP contribution in [0.3, 0.4) is 0 Å². The number of pyridine rings is 1. The van der Waals surface area contributed by atoms with Crippen molar-refractivity contribution in [3.63, 3.8) is 0 Å². The van der Waals surface area contributed by atoms with Crippen molar-refractivity contribution in [2.24, 2.45) is 0 Å². The van der Waals surface area contributed by atoms with Crippen LogP contribution in [0.1, 0.15) is 5.69 Å². The molecule has 1 aliphatic heterocycles. The van der Waals surface area contributed by atoms with E-state index in [9.17, 15) is 0 Å². The van der Waals surface area contributed by atoms with Crippen LogP contribution in [0.5, 0.6) is 0 Å². The van der Waals surface area contributed by atoms with Gasteiger partial charge in [0.05, 0.1) is 21.9 Å². The molecule has 1 aromatic heterocycles. The summed E-state index contributed by atoms with van der Waals surface area (Å²) >= 11 is 12.6. The summed E-state index contributed by atoms with van der Waals surface area (Å²) < 4.78 is 0. The number of hydrogen-bond donors (Lipinski definition) is 1. The molecule has 1 aromatic carbocycles. The van der Waals surface area contributed by atoms with E-state index in [0.717, 1.165) is 53.5 Å². The number of piperazine rings is 1. The SMILES string of the molecule is Cc1nc2ccc(Cl)cc2c(N2CCNCC2)c1Cl. The second-order valence-corrected chi connectivity index (χ2v) is 5.57. The van der Waals surface area contributed by atoms with Crippen molar-refractivity contribution < 1.29 is 0 Å². The molecule has 1 saturated heterocycles. The predicted molar refractivity (Wildman–Crippen MR) is 81.6 cm³/mol. The summed E-state index contributed by atoms with van der Waals surface area (Å²) in [4.78, 5) is 6.85. The molecule has 1 fully saturated rings. The van der Waals surface area contributed by atoms with Crippen molar-refractivity contribution in [2.75, 3.05) is 31.1 Å². The topological polar surface area (TPSA) is 28.2 Å². The molecule has 0 amide bonds. The smallest absolute Gasteiger partial charge is 0.0858 e. The average molecular weight is 296 g/mol. The lowest BCUT2D eigenvalue weighted by Gasteiger charge is -2.31. The zero-order chi connectivity index (χ0) is 13.4. The van der Waals surface area contributed by atoms with Gasteiger partial charge in [0.1, 0.15) is 0 Å². The standard InChI is InChI=1S/C14H15Cl2N3/c1-9-13(16)14(19-6-4-17-5-7-19)11-8-10(15)2-3-12(11)18-9/h2-3,8,17H,4-7H2,1H3. The number of anilines is 1. The van der Waals surface area contributed by atoms with Crippen molar-refractivity contribution in [3.05, 3.63) is 33.9 Å². The summed E-state index contributed by atoms with van der Waals surface area (Å²) in [6.45, 7) is 5.79. The van der Waals surface area contributed by atoms with Gasteiger partial charge in [-0.05, 0) is 25.1 Å². The fourth-order valence-corrected chi connectivity index (χ4v) is 2.95. The molecule has 0 saturated carbocycles. The third kappa shape index (κ3) is 2.38. The zero-order valence-corrected chi connectivity index (χ0v) is 12.2. The molecule has 1 aliphatic rings. The molecule has 3 rings (SSSR count). The van der Waals surface area contributed by atoms with Crippen molar-refractivity contribution in [3.8, 4) is 0 Å². The molecule has 0 spiro atoms. The highest BCUT2D eigenvalue weighted by atomic mass is 35.5. The number of fused-ring (bicyclic) bond motifs is 1. The van der Waals surface area contributed by atoms with E-state index >= 15 is 0 Å². The monoisotopic (exact) mass is 295 g/mol. The number of aromatic nitrogens is 1. The van der Waals surface area contributed by atoms with Gasteiger partial charge in [0.25, 0.3) is 0 Å². The minimum absolute atomic E-state index is 0.714. The number of aryl methyl sites for hydroxylation is 1. The number of nitrogens with zero attached hydrogens (tertiary/aromatic N) is 2. The molecule has 19 heavy (non-hydrogen) atoms. The molecule has 0 atom stereocenters. The predicted octanol–water partition coefficient (Wildman–Crippen LogP) is 3.26. The van der Waals surface area contributed by atoms with Gasteiger partial charge < -0.3 is 10.2 Å². The number of rotatable bonds is 1. The maximum atomic E-state index is 6.49. The van der Waals surface area contributed by atoms with Crippen LogP contribution in [0, 0.1) is 6.92 Å². The van der Waals surface area contributed by atoms with Gasteiger partial charge in [-0.15, -0.1) is 0 Å². The molecular formula is C14H15Cl2N3. The maximum Gasteiger partial charge on any atom is 0.0858 e. The molecule has 0 radical (unpaired) electrons. The average Bonchev–Trinajstić information content (AvgIpc) is 2.42. The number of halogens is 2. The van der Waals surface area contributed by atoms with E-state index in [1.54, 1.807) is 0 Å². The Morgan fingerprint density at radius 3 is 2.68 bits per heavy atom. The van der Waals surface area contributed by atoms with Gasteiger partial charge in [0.2, 0.25) is 0 Å². The van der Waals surface area contributed by atoms with Crippen molar-refractivity contribution in [2.45, 2.75) is 6.92 Å². The number of nitrogens with one attached hydrogen (secondary N) is 1. The van der Waals surface area contributed by atoms with E-state index in [-0.39, 0.29) is 0 Å². The fraction of sp³-hybridized carbons (Fsp3) is 0.357. The summed E-state index contributed by atoms with van der Waals surface area (Å²) in [7, 11) is 0. The first kappa shape index (κ1) is 13.0. The van der Waals surface area contributed by atoms with Crippen LogP contribution in [-0.2, 0) is 0 Å².